The molecule has 0 saturated heterocycles. The van der Waals surface area contributed by atoms with Gasteiger partial charge in [-0.2, -0.15) is 9.97 Å². The first kappa shape index (κ1) is 14.1. The maximum Gasteiger partial charge on any atom is 0.227 e. The minimum absolute atomic E-state index is 0.00128. The monoisotopic (exact) mass is 295 g/mol. The number of anilines is 1. The lowest BCUT2D eigenvalue weighted by molar-refractivity contribution is 0.389. The number of methoxy groups -OCH3 is 1. The predicted octanol–water partition coefficient (Wildman–Crippen LogP) is 1.26. The maximum absolute atomic E-state index is 11.5. The van der Waals surface area contributed by atoms with E-state index in [0.717, 1.165) is 6.26 Å². The van der Waals surface area contributed by atoms with E-state index in [9.17, 15) is 8.42 Å². The van der Waals surface area contributed by atoms with Gasteiger partial charge in [-0.25, -0.2) is 8.42 Å². The first-order valence-electron chi connectivity index (χ1n) is 5.55. The average Bonchev–Trinajstić information content (AvgIpc) is 2.37. The van der Waals surface area contributed by atoms with Crippen molar-refractivity contribution in [2.24, 2.45) is 0 Å². The molecule has 20 heavy (non-hydrogen) atoms. The third-order valence-corrected chi connectivity index (χ3v) is 3.47. The summed E-state index contributed by atoms with van der Waals surface area (Å²) in [4.78, 5) is 7.86. The Hall–Kier alpha value is -2.35. The highest BCUT2D eigenvalue weighted by Gasteiger charge is 2.10. The molecule has 0 bridgehead atoms. The van der Waals surface area contributed by atoms with E-state index >= 15 is 0 Å². The van der Waals surface area contributed by atoms with E-state index in [-0.39, 0.29) is 22.6 Å². The minimum atomic E-state index is -3.30. The lowest BCUT2D eigenvalue weighted by Crippen LogP contribution is -2.00. The number of sulfone groups is 1. The number of hydrogen-bond acceptors (Lipinski definition) is 7. The van der Waals surface area contributed by atoms with Crippen molar-refractivity contribution in [2.75, 3.05) is 19.1 Å². The molecule has 8 heteroatoms. The molecule has 2 N–H and O–H groups in total. The molecular formula is C12H13N3O4S. The quantitative estimate of drug-likeness (QED) is 0.905. The molecule has 2 rings (SSSR count). The highest BCUT2D eigenvalue weighted by Crippen LogP contribution is 2.25. The summed E-state index contributed by atoms with van der Waals surface area (Å²) in [5.41, 5.74) is 5.51. The molecule has 106 valence electrons. The largest absolute Gasteiger partial charge is 0.481 e. The van der Waals surface area contributed by atoms with Crippen LogP contribution in [0, 0.1) is 0 Å². The van der Waals surface area contributed by atoms with E-state index < -0.39 is 9.84 Å². The molecule has 0 fully saturated rings. The van der Waals surface area contributed by atoms with E-state index in [4.69, 9.17) is 15.2 Å². The Kier molecular flexibility index (Phi) is 3.75. The lowest BCUT2D eigenvalue weighted by Gasteiger charge is -2.07. The van der Waals surface area contributed by atoms with Crippen LogP contribution in [0.15, 0.2) is 35.2 Å². The molecule has 0 saturated carbocycles. The molecule has 0 spiro atoms. The molecule has 1 aromatic carbocycles. The molecule has 1 aromatic heterocycles. The highest BCUT2D eigenvalue weighted by atomic mass is 32.2. The molecule has 0 atom stereocenters. The first-order chi connectivity index (χ1) is 9.38. The first-order valence-corrected chi connectivity index (χ1v) is 7.44. The summed E-state index contributed by atoms with van der Waals surface area (Å²) < 4.78 is 33.3. The Balaban J connectivity index is 2.33. The fraction of sp³-hybridized carbons (Fsp3) is 0.167. The van der Waals surface area contributed by atoms with Crippen LogP contribution in [0.25, 0.3) is 0 Å². The van der Waals surface area contributed by atoms with Crippen molar-refractivity contribution in [1.29, 1.82) is 0 Å². The Labute approximate surface area is 116 Å². The summed E-state index contributed by atoms with van der Waals surface area (Å²) in [7, 11) is -1.86. The van der Waals surface area contributed by atoms with Crippen LogP contribution in [0.3, 0.4) is 0 Å². The molecule has 0 amide bonds. The average molecular weight is 295 g/mol. The van der Waals surface area contributed by atoms with E-state index in [1.54, 1.807) is 12.1 Å². The summed E-state index contributed by atoms with van der Waals surface area (Å²) in [6.45, 7) is 0. The van der Waals surface area contributed by atoms with Gasteiger partial charge in [0, 0.05) is 6.26 Å². The normalized spacial score (nSPS) is 11.1. The summed E-state index contributed by atoms with van der Waals surface area (Å²) in [6.07, 6.45) is 1.12. The SMILES string of the molecule is COc1cc(Oc2cccc(S(C)(=O)=O)c2)nc(N)n1. The molecule has 0 unspecified atom stereocenters. The Bertz CT molecular complexity index is 731. The van der Waals surface area contributed by atoms with Gasteiger partial charge in [-0.15, -0.1) is 0 Å². The fourth-order valence-corrected chi connectivity index (χ4v) is 2.12. The number of benzene rings is 1. The number of rotatable bonds is 4. The third-order valence-electron chi connectivity index (χ3n) is 2.36. The van der Waals surface area contributed by atoms with Crippen molar-refractivity contribution in [3.8, 4) is 17.5 Å². The van der Waals surface area contributed by atoms with E-state index in [1.807, 2.05) is 0 Å². The van der Waals surface area contributed by atoms with Crippen LogP contribution < -0.4 is 15.2 Å². The summed E-state index contributed by atoms with van der Waals surface area (Å²) in [6, 6.07) is 7.52. The van der Waals surface area contributed by atoms with Gasteiger partial charge in [0.1, 0.15) is 5.75 Å². The topological polar surface area (TPSA) is 104 Å². The van der Waals surface area contributed by atoms with Crippen LogP contribution in [-0.2, 0) is 9.84 Å². The zero-order valence-corrected chi connectivity index (χ0v) is 11.7. The summed E-state index contributed by atoms with van der Waals surface area (Å²) in [5, 5.41) is 0. The van der Waals surface area contributed by atoms with Crippen LogP contribution in [0.4, 0.5) is 5.95 Å². The predicted molar refractivity (Wildman–Crippen MR) is 72.6 cm³/mol. The van der Waals surface area contributed by atoms with E-state index in [2.05, 4.69) is 9.97 Å². The Morgan fingerprint density at radius 2 is 1.85 bits per heavy atom. The van der Waals surface area contributed by atoms with Gasteiger partial charge in [-0.05, 0) is 18.2 Å². The molecular weight excluding hydrogens is 282 g/mol. The highest BCUT2D eigenvalue weighted by molar-refractivity contribution is 7.90. The van der Waals surface area contributed by atoms with Crippen molar-refractivity contribution < 1.29 is 17.9 Å². The van der Waals surface area contributed by atoms with Gasteiger partial charge < -0.3 is 15.2 Å². The molecule has 1 heterocycles. The van der Waals surface area contributed by atoms with Crippen LogP contribution in [0.1, 0.15) is 0 Å². The van der Waals surface area contributed by atoms with Crippen LogP contribution in [-0.4, -0.2) is 31.8 Å². The second kappa shape index (κ2) is 5.33. The third kappa shape index (κ3) is 3.35. The van der Waals surface area contributed by atoms with Crippen LogP contribution >= 0.6 is 0 Å². The Morgan fingerprint density at radius 1 is 1.15 bits per heavy atom. The van der Waals surface area contributed by atoms with E-state index in [1.165, 1.54) is 25.3 Å². The maximum atomic E-state index is 11.5. The summed E-state index contributed by atoms with van der Waals surface area (Å²) in [5.74, 6) is 0.749. The standard InChI is InChI=1S/C12H13N3O4S/c1-18-10-7-11(15-12(13)14-10)19-8-4-3-5-9(6-8)20(2,16)17/h3-7H,1-2H3,(H2,13,14,15). The van der Waals surface area contributed by atoms with Gasteiger partial charge in [-0.3, -0.25) is 0 Å². The molecule has 0 aliphatic carbocycles. The molecule has 7 nitrogen and oxygen atoms in total. The van der Waals surface area contributed by atoms with Crippen molar-refractivity contribution in [1.82, 2.24) is 9.97 Å². The van der Waals surface area contributed by atoms with Crippen LogP contribution in [0.5, 0.6) is 17.5 Å². The number of nitrogens with two attached hydrogens (primary N) is 1. The fourth-order valence-electron chi connectivity index (χ4n) is 1.47. The number of aromatic nitrogens is 2. The molecule has 0 radical (unpaired) electrons. The number of nitrogens with zero attached hydrogens (tertiary/aromatic N) is 2. The number of ether oxygens (including phenoxy) is 2. The van der Waals surface area contributed by atoms with Crippen molar-refractivity contribution in [3.05, 3.63) is 30.3 Å². The van der Waals surface area contributed by atoms with Gasteiger partial charge in [0.05, 0.1) is 18.1 Å². The molecule has 0 aliphatic heterocycles. The van der Waals surface area contributed by atoms with Crippen molar-refractivity contribution >= 4 is 15.8 Å². The van der Waals surface area contributed by atoms with Gasteiger partial charge >= 0.3 is 0 Å². The minimum Gasteiger partial charge on any atom is -0.481 e. The zero-order chi connectivity index (χ0) is 14.8. The van der Waals surface area contributed by atoms with Gasteiger partial charge in [0.25, 0.3) is 0 Å². The second-order valence-electron chi connectivity index (χ2n) is 3.96. The summed E-state index contributed by atoms with van der Waals surface area (Å²) >= 11 is 0. The smallest absolute Gasteiger partial charge is 0.227 e. The van der Waals surface area contributed by atoms with Crippen LogP contribution in [0.2, 0.25) is 0 Å². The lowest BCUT2D eigenvalue weighted by atomic mass is 10.3. The van der Waals surface area contributed by atoms with Gasteiger partial charge in [0.2, 0.25) is 17.7 Å². The van der Waals surface area contributed by atoms with E-state index in [0.29, 0.717) is 5.75 Å². The Morgan fingerprint density at radius 3 is 2.50 bits per heavy atom. The van der Waals surface area contributed by atoms with Gasteiger partial charge in [0.15, 0.2) is 9.84 Å². The number of nitrogen functional groups attached to an aromatic ring is 1. The van der Waals surface area contributed by atoms with Crippen molar-refractivity contribution in [2.45, 2.75) is 4.90 Å². The van der Waals surface area contributed by atoms with Crippen molar-refractivity contribution in [3.63, 3.8) is 0 Å². The van der Waals surface area contributed by atoms with Gasteiger partial charge in [-0.1, -0.05) is 6.07 Å². The molecule has 2 aromatic rings. The zero-order valence-electron chi connectivity index (χ0n) is 10.9. The molecule has 0 aliphatic rings. The second-order valence-corrected chi connectivity index (χ2v) is 5.97. The number of hydrogen-bond donors (Lipinski definition) is 1.